The summed E-state index contributed by atoms with van der Waals surface area (Å²) in [6, 6.07) is 5.83. The number of nitrogens with zero attached hydrogens (tertiary/aromatic N) is 3. The molecule has 0 atom stereocenters. The molecule has 0 aliphatic rings. The van der Waals surface area contributed by atoms with Gasteiger partial charge in [0, 0.05) is 17.1 Å². The SMILES string of the molecule is Cc1c[nH]c(-c2ccc3ncnc(N)c3c2)n1. The minimum atomic E-state index is 0.486. The maximum Gasteiger partial charge on any atom is 0.137 e. The number of nitrogens with one attached hydrogen (secondary N) is 1. The van der Waals surface area contributed by atoms with Gasteiger partial charge in [-0.15, -0.1) is 0 Å². The zero-order valence-electron chi connectivity index (χ0n) is 9.31. The molecule has 0 amide bonds. The standard InChI is InChI=1S/C12H11N5/c1-7-5-14-12(17-7)8-2-3-10-9(4-8)11(13)16-6-15-10/h2-6H,1H3,(H,14,17)(H2,13,15,16). The molecule has 5 nitrogen and oxygen atoms in total. The van der Waals surface area contributed by atoms with Crippen LogP contribution in [-0.2, 0) is 0 Å². The zero-order valence-corrected chi connectivity index (χ0v) is 9.31. The number of rotatable bonds is 1. The molecule has 0 unspecified atom stereocenters. The Hall–Kier alpha value is -2.43. The number of H-pyrrole nitrogens is 1. The molecule has 0 aliphatic heterocycles. The van der Waals surface area contributed by atoms with Crippen LogP contribution in [0.5, 0.6) is 0 Å². The fraction of sp³-hybridized carbons (Fsp3) is 0.0833. The summed E-state index contributed by atoms with van der Waals surface area (Å²) < 4.78 is 0. The van der Waals surface area contributed by atoms with Crippen LogP contribution in [0.3, 0.4) is 0 Å². The van der Waals surface area contributed by atoms with Gasteiger partial charge in [0.1, 0.15) is 18.0 Å². The number of imidazole rings is 1. The maximum absolute atomic E-state index is 5.83. The lowest BCUT2D eigenvalue weighted by molar-refractivity contribution is 1.22. The number of benzene rings is 1. The summed E-state index contributed by atoms with van der Waals surface area (Å²) in [6.07, 6.45) is 3.33. The first-order chi connectivity index (χ1) is 8.24. The number of fused-ring (bicyclic) bond motifs is 1. The summed E-state index contributed by atoms with van der Waals surface area (Å²) in [5.74, 6) is 1.31. The Morgan fingerprint density at radius 3 is 2.88 bits per heavy atom. The molecule has 0 saturated carbocycles. The Morgan fingerprint density at radius 2 is 2.12 bits per heavy atom. The summed E-state index contributed by atoms with van der Waals surface area (Å²) in [6.45, 7) is 1.94. The fourth-order valence-corrected chi connectivity index (χ4v) is 1.79. The monoisotopic (exact) mass is 225 g/mol. The molecule has 2 heterocycles. The van der Waals surface area contributed by atoms with Crippen molar-refractivity contribution >= 4 is 16.7 Å². The minimum absolute atomic E-state index is 0.486. The van der Waals surface area contributed by atoms with Crippen LogP contribution in [0, 0.1) is 6.92 Å². The molecule has 2 aromatic heterocycles. The number of hydrogen-bond donors (Lipinski definition) is 2. The fourth-order valence-electron chi connectivity index (χ4n) is 1.79. The zero-order chi connectivity index (χ0) is 11.8. The Bertz CT molecular complexity index is 686. The van der Waals surface area contributed by atoms with Crippen molar-refractivity contribution in [1.82, 2.24) is 19.9 Å². The van der Waals surface area contributed by atoms with Crippen LogP contribution in [0.15, 0.2) is 30.7 Å². The molecule has 1 aromatic carbocycles. The van der Waals surface area contributed by atoms with Crippen molar-refractivity contribution < 1.29 is 0 Å². The van der Waals surface area contributed by atoms with Gasteiger partial charge in [0.05, 0.1) is 11.2 Å². The molecule has 0 spiro atoms. The van der Waals surface area contributed by atoms with Gasteiger partial charge in [0.25, 0.3) is 0 Å². The van der Waals surface area contributed by atoms with E-state index in [-0.39, 0.29) is 0 Å². The number of hydrogen-bond acceptors (Lipinski definition) is 4. The molecule has 0 bridgehead atoms. The average molecular weight is 225 g/mol. The Balaban J connectivity index is 2.22. The molecular weight excluding hydrogens is 214 g/mol. The topological polar surface area (TPSA) is 80.5 Å². The second-order valence-corrected chi connectivity index (χ2v) is 3.88. The molecule has 0 aliphatic carbocycles. The van der Waals surface area contributed by atoms with E-state index in [1.54, 1.807) is 0 Å². The number of nitrogen functional groups attached to an aromatic ring is 1. The maximum atomic E-state index is 5.83. The van der Waals surface area contributed by atoms with E-state index in [2.05, 4.69) is 19.9 Å². The Kier molecular flexibility index (Phi) is 2.04. The summed E-state index contributed by atoms with van der Waals surface area (Å²) in [5, 5.41) is 0.846. The van der Waals surface area contributed by atoms with Gasteiger partial charge in [0.2, 0.25) is 0 Å². The molecule has 3 rings (SSSR count). The van der Waals surface area contributed by atoms with Gasteiger partial charge < -0.3 is 10.7 Å². The van der Waals surface area contributed by atoms with Crippen molar-refractivity contribution in [2.75, 3.05) is 5.73 Å². The third-order valence-electron chi connectivity index (χ3n) is 2.65. The van der Waals surface area contributed by atoms with E-state index in [4.69, 9.17) is 5.73 Å². The van der Waals surface area contributed by atoms with Crippen LogP contribution >= 0.6 is 0 Å². The van der Waals surface area contributed by atoms with Crippen molar-refractivity contribution in [1.29, 1.82) is 0 Å². The summed E-state index contributed by atoms with van der Waals surface area (Å²) >= 11 is 0. The van der Waals surface area contributed by atoms with Crippen LogP contribution in [0.2, 0.25) is 0 Å². The molecule has 3 N–H and O–H groups in total. The molecule has 17 heavy (non-hydrogen) atoms. The van der Waals surface area contributed by atoms with E-state index in [0.717, 1.165) is 28.0 Å². The lowest BCUT2D eigenvalue weighted by Gasteiger charge is -2.02. The lowest BCUT2D eigenvalue weighted by Crippen LogP contribution is -1.93. The highest BCUT2D eigenvalue weighted by Crippen LogP contribution is 2.23. The van der Waals surface area contributed by atoms with Crippen molar-refractivity contribution in [3.8, 4) is 11.4 Å². The van der Waals surface area contributed by atoms with E-state index in [9.17, 15) is 0 Å². The molecule has 84 valence electrons. The largest absolute Gasteiger partial charge is 0.383 e. The van der Waals surface area contributed by atoms with Gasteiger partial charge in [-0.25, -0.2) is 15.0 Å². The van der Waals surface area contributed by atoms with Crippen molar-refractivity contribution in [2.24, 2.45) is 0 Å². The first-order valence-electron chi connectivity index (χ1n) is 5.26. The van der Waals surface area contributed by atoms with Crippen molar-refractivity contribution in [3.63, 3.8) is 0 Å². The van der Waals surface area contributed by atoms with Crippen molar-refractivity contribution in [2.45, 2.75) is 6.92 Å². The molecule has 3 aromatic rings. The van der Waals surface area contributed by atoms with Gasteiger partial charge in [0.15, 0.2) is 0 Å². The molecule has 0 fully saturated rings. The second kappa shape index (κ2) is 3.55. The predicted octanol–water partition coefficient (Wildman–Crippen LogP) is 1.91. The highest BCUT2D eigenvalue weighted by molar-refractivity contribution is 5.90. The number of aromatic nitrogens is 4. The number of aromatic amines is 1. The van der Waals surface area contributed by atoms with Crippen LogP contribution in [0.25, 0.3) is 22.3 Å². The van der Waals surface area contributed by atoms with Crippen LogP contribution in [-0.4, -0.2) is 19.9 Å². The third-order valence-corrected chi connectivity index (χ3v) is 2.65. The first-order valence-corrected chi connectivity index (χ1v) is 5.26. The number of anilines is 1. The van der Waals surface area contributed by atoms with Gasteiger partial charge in [-0.05, 0) is 25.1 Å². The highest BCUT2D eigenvalue weighted by Gasteiger charge is 2.05. The van der Waals surface area contributed by atoms with Gasteiger partial charge in [-0.1, -0.05) is 0 Å². The molecular formula is C12H11N5. The predicted molar refractivity (Wildman–Crippen MR) is 66.3 cm³/mol. The summed E-state index contributed by atoms with van der Waals surface area (Å²) in [5.41, 5.74) is 8.60. The van der Waals surface area contributed by atoms with E-state index in [1.165, 1.54) is 6.33 Å². The van der Waals surface area contributed by atoms with Gasteiger partial charge in [-0.2, -0.15) is 0 Å². The van der Waals surface area contributed by atoms with Crippen LogP contribution in [0.1, 0.15) is 5.69 Å². The second-order valence-electron chi connectivity index (χ2n) is 3.88. The van der Waals surface area contributed by atoms with Crippen LogP contribution < -0.4 is 5.73 Å². The minimum Gasteiger partial charge on any atom is -0.383 e. The normalized spacial score (nSPS) is 10.9. The lowest BCUT2D eigenvalue weighted by atomic mass is 10.1. The van der Waals surface area contributed by atoms with Gasteiger partial charge in [-0.3, -0.25) is 0 Å². The molecule has 0 radical (unpaired) electrons. The highest BCUT2D eigenvalue weighted by atomic mass is 14.9. The van der Waals surface area contributed by atoms with E-state index < -0.39 is 0 Å². The van der Waals surface area contributed by atoms with Crippen LogP contribution in [0.4, 0.5) is 5.82 Å². The molecule has 5 heteroatoms. The average Bonchev–Trinajstić information content (AvgIpc) is 2.76. The first kappa shape index (κ1) is 9.77. The Labute approximate surface area is 97.7 Å². The quantitative estimate of drug-likeness (QED) is 0.663. The van der Waals surface area contributed by atoms with Crippen molar-refractivity contribution in [3.05, 3.63) is 36.4 Å². The number of aryl methyl sites for hydroxylation is 1. The summed E-state index contributed by atoms with van der Waals surface area (Å²) in [4.78, 5) is 15.6. The van der Waals surface area contributed by atoms with Gasteiger partial charge >= 0.3 is 0 Å². The Morgan fingerprint density at radius 1 is 1.24 bits per heavy atom. The smallest absolute Gasteiger partial charge is 0.137 e. The van der Waals surface area contributed by atoms with E-state index in [1.807, 2.05) is 31.3 Å². The molecule has 0 saturated heterocycles. The van der Waals surface area contributed by atoms with E-state index in [0.29, 0.717) is 5.82 Å². The summed E-state index contributed by atoms with van der Waals surface area (Å²) in [7, 11) is 0. The number of nitrogens with two attached hydrogens (primary N) is 1. The van der Waals surface area contributed by atoms with E-state index >= 15 is 0 Å². The third kappa shape index (κ3) is 1.61.